The maximum atomic E-state index is 13.3. The monoisotopic (exact) mass is 558 g/mol. The number of hydrogen-bond donors (Lipinski definition) is 1. The molecule has 11 heteroatoms. The summed E-state index contributed by atoms with van der Waals surface area (Å²) in [5.41, 5.74) is 3.89. The van der Waals surface area contributed by atoms with E-state index in [9.17, 15) is 19.2 Å². The Balaban J connectivity index is 1.06. The van der Waals surface area contributed by atoms with Gasteiger partial charge in [-0.05, 0) is 48.9 Å². The Bertz CT molecular complexity index is 1480. The zero-order valence-electron chi connectivity index (χ0n) is 22.3. The summed E-state index contributed by atoms with van der Waals surface area (Å²) in [7, 11) is 0. The molecule has 0 bridgehead atoms. The summed E-state index contributed by atoms with van der Waals surface area (Å²) in [6.07, 6.45) is 1.57. The first-order valence-corrected chi connectivity index (χ1v) is 14.3. The van der Waals surface area contributed by atoms with Gasteiger partial charge >= 0.3 is 0 Å². The number of carbonyl (C=O) groups excluding carboxylic acids is 4. The second kappa shape index (κ2) is 10.9. The maximum Gasteiger partial charge on any atom is 0.262 e. The first-order valence-electron chi connectivity index (χ1n) is 13.6. The van der Waals surface area contributed by atoms with E-state index < -0.39 is 23.8 Å². The van der Waals surface area contributed by atoms with Gasteiger partial charge in [-0.2, -0.15) is 4.37 Å². The van der Waals surface area contributed by atoms with E-state index in [4.69, 9.17) is 0 Å². The van der Waals surface area contributed by atoms with Crippen LogP contribution in [0, 0.1) is 6.92 Å². The molecule has 1 unspecified atom stereocenters. The molecule has 10 nitrogen and oxygen atoms in total. The number of nitrogens with zero attached hydrogens (tertiary/aromatic N) is 5. The number of fused-ring (bicyclic) bond motifs is 1. The number of aromatic nitrogens is 2. The lowest BCUT2D eigenvalue weighted by molar-refractivity contribution is -0.136. The maximum absolute atomic E-state index is 13.3. The minimum atomic E-state index is -0.956. The van der Waals surface area contributed by atoms with Crippen LogP contribution in [0.2, 0.25) is 0 Å². The van der Waals surface area contributed by atoms with Gasteiger partial charge in [0.2, 0.25) is 16.9 Å². The number of piperidine rings is 1. The molecule has 1 aromatic heterocycles. The van der Waals surface area contributed by atoms with Gasteiger partial charge in [0.05, 0.1) is 11.1 Å². The van der Waals surface area contributed by atoms with Crippen molar-refractivity contribution < 1.29 is 19.2 Å². The van der Waals surface area contributed by atoms with Crippen LogP contribution in [-0.2, 0) is 29.0 Å². The number of carbonyl (C=O) groups is 4. The van der Waals surface area contributed by atoms with E-state index in [1.54, 1.807) is 12.1 Å². The average Bonchev–Trinajstić information content (AvgIpc) is 3.50. The Labute approximate surface area is 236 Å². The summed E-state index contributed by atoms with van der Waals surface area (Å²) in [5.74, 6) is -1.08. The van der Waals surface area contributed by atoms with Crippen molar-refractivity contribution in [1.82, 2.24) is 24.5 Å². The molecule has 2 fully saturated rings. The molecular weight excluding hydrogens is 528 g/mol. The van der Waals surface area contributed by atoms with Crippen molar-refractivity contribution in [3.8, 4) is 0 Å². The minimum Gasteiger partial charge on any atom is -0.344 e. The third-order valence-electron chi connectivity index (χ3n) is 7.83. The third kappa shape index (κ3) is 5.14. The van der Waals surface area contributed by atoms with E-state index >= 15 is 0 Å². The number of benzene rings is 2. The summed E-state index contributed by atoms with van der Waals surface area (Å²) in [6, 6.07) is 12.9. The van der Waals surface area contributed by atoms with Crippen molar-refractivity contribution in [3.05, 3.63) is 76.1 Å². The number of nitrogens with one attached hydrogen (secondary N) is 1. The van der Waals surface area contributed by atoms with Crippen molar-refractivity contribution in [3.63, 3.8) is 0 Å². The molecule has 2 saturated heterocycles. The largest absolute Gasteiger partial charge is 0.344 e. The molecule has 1 N–H and O–H groups in total. The number of amides is 4. The second-order valence-electron chi connectivity index (χ2n) is 10.5. The fraction of sp³-hybridized carbons (Fsp3) is 0.379. The second-order valence-corrected chi connectivity index (χ2v) is 11.2. The Morgan fingerprint density at radius 2 is 1.68 bits per heavy atom. The van der Waals surface area contributed by atoms with Crippen LogP contribution in [0.25, 0.3) is 0 Å². The third-order valence-corrected chi connectivity index (χ3v) is 8.69. The smallest absolute Gasteiger partial charge is 0.262 e. The summed E-state index contributed by atoms with van der Waals surface area (Å²) >= 11 is 1.46. The lowest BCUT2D eigenvalue weighted by atomic mass is 9.96. The van der Waals surface area contributed by atoms with Crippen LogP contribution in [0.4, 0.5) is 5.13 Å². The zero-order chi connectivity index (χ0) is 27.8. The Morgan fingerprint density at radius 1 is 0.925 bits per heavy atom. The van der Waals surface area contributed by atoms with Gasteiger partial charge in [0, 0.05) is 50.7 Å². The zero-order valence-corrected chi connectivity index (χ0v) is 23.1. The van der Waals surface area contributed by atoms with Crippen LogP contribution in [0.1, 0.15) is 56.1 Å². The van der Waals surface area contributed by atoms with Gasteiger partial charge in [0.15, 0.2) is 0 Å². The van der Waals surface area contributed by atoms with Gasteiger partial charge < -0.3 is 4.90 Å². The number of hydrogen-bond acceptors (Lipinski definition) is 9. The van der Waals surface area contributed by atoms with Crippen molar-refractivity contribution in [2.75, 3.05) is 31.1 Å². The molecular formula is C29H30N6O4S. The Morgan fingerprint density at radius 3 is 2.38 bits per heavy atom. The number of rotatable bonds is 7. The predicted octanol–water partition coefficient (Wildman–Crippen LogP) is 2.36. The van der Waals surface area contributed by atoms with Crippen molar-refractivity contribution in [2.45, 2.75) is 45.2 Å². The molecule has 0 radical (unpaired) electrons. The van der Waals surface area contributed by atoms with Crippen LogP contribution in [-0.4, -0.2) is 75.0 Å². The van der Waals surface area contributed by atoms with E-state index in [1.165, 1.54) is 17.1 Å². The standard InChI is InChI=1S/C29H30N6O4S/c1-18-30-29(40-32-18)34-15-13-33(14-16-34)17-20-7-5-19(6-8-20)9-10-21-3-2-4-22-25(21)28(39)35(27(22)38)23-11-12-24(36)31-26(23)37/h2-8,23H,9-17H2,1H3,(H,31,36,37). The van der Waals surface area contributed by atoms with Crippen molar-refractivity contribution in [1.29, 1.82) is 0 Å². The van der Waals surface area contributed by atoms with E-state index in [2.05, 4.69) is 48.7 Å². The van der Waals surface area contributed by atoms with Crippen molar-refractivity contribution in [2.24, 2.45) is 0 Å². The van der Waals surface area contributed by atoms with Gasteiger partial charge in [0.25, 0.3) is 11.8 Å². The predicted molar refractivity (Wildman–Crippen MR) is 149 cm³/mol. The van der Waals surface area contributed by atoms with Gasteiger partial charge in [-0.25, -0.2) is 4.98 Å². The van der Waals surface area contributed by atoms with E-state index in [0.717, 1.165) is 66.1 Å². The highest BCUT2D eigenvalue weighted by Crippen LogP contribution is 2.30. The molecule has 0 saturated carbocycles. The average molecular weight is 559 g/mol. The highest BCUT2D eigenvalue weighted by atomic mass is 32.1. The van der Waals surface area contributed by atoms with E-state index in [1.807, 2.05) is 13.0 Å². The van der Waals surface area contributed by atoms with Crippen LogP contribution in [0.5, 0.6) is 0 Å². The lowest BCUT2D eigenvalue weighted by Crippen LogP contribution is -2.54. The summed E-state index contributed by atoms with van der Waals surface area (Å²) in [6.45, 7) is 6.64. The van der Waals surface area contributed by atoms with Gasteiger partial charge in [-0.1, -0.05) is 36.4 Å². The molecule has 4 heterocycles. The SMILES string of the molecule is Cc1nsc(N2CCN(Cc3ccc(CCc4cccc5c4C(=O)N(C4CCC(=O)NC4=O)C5=O)cc3)CC2)n1. The van der Waals surface area contributed by atoms with Crippen molar-refractivity contribution >= 4 is 40.3 Å². The molecule has 6 rings (SSSR count). The molecule has 206 valence electrons. The number of anilines is 1. The molecule has 3 aliphatic rings. The number of aryl methyl sites for hydroxylation is 3. The molecule has 1 atom stereocenters. The summed E-state index contributed by atoms with van der Waals surface area (Å²) < 4.78 is 4.29. The molecule has 3 aliphatic heterocycles. The summed E-state index contributed by atoms with van der Waals surface area (Å²) in [4.78, 5) is 60.6. The number of imide groups is 2. The van der Waals surface area contributed by atoms with E-state index in [-0.39, 0.29) is 18.7 Å². The molecule has 0 spiro atoms. The van der Waals surface area contributed by atoms with Crippen LogP contribution < -0.4 is 10.2 Å². The molecule has 4 amide bonds. The Hall–Kier alpha value is -3.96. The fourth-order valence-electron chi connectivity index (χ4n) is 5.65. The molecule has 3 aromatic rings. The molecule has 2 aromatic carbocycles. The normalized spacial score (nSPS) is 19.8. The number of piperazine rings is 1. The molecule has 0 aliphatic carbocycles. The fourth-order valence-corrected chi connectivity index (χ4v) is 6.38. The highest BCUT2D eigenvalue weighted by molar-refractivity contribution is 7.09. The van der Waals surface area contributed by atoms with Gasteiger partial charge in [0.1, 0.15) is 11.9 Å². The quantitative estimate of drug-likeness (QED) is 0.440. The van der Waals surface area contributed by atoms with Crippen LogP contribution >= 0.6 is 11.5 Å². The summed E-state index contributed by atoms with van der Waals surface area (Å²) in [5, 5.41) is 3.24. The van der Waals surface area contributed by atoms with Gasteiger partial charge in [-0.3, -0.25) is 34.3 Å². The van der Waals surface area contributed by atoms with Crippen LogP contribution in [0.3, 0.4) is 0 Å². The molecule has 40 heavy (non-hydrogen) atoms. The lowest BCUT2D eigenvalue weighted by Gasteiger charge is -2.34. The van der Waals surface area contributed by atoms with Crippen LogP contribution in [0.15, 0.2) is 42.5 Å². The van der Waals surface area contributed by atoms with Gasteiger partial charge in [-0.15, -0.1) is 0 Å². The first kappa shape index (κ1) is 26.3. The minimum absolute atomic E-state index is 0.104. The van der Waals surface area contributed by atoms with E-state index in [0.29, 0.717) is 17.5 Å². The first-order chi connectivity index (χ1) is 19.4. The highest BCUT2D eigenvalue weighted by Gasteiger charge is 2.45. The topological polar surface area (TPSA) is 116 Å². The Kier molecular flexibility index (Phi) is 7.16.